The first-order valence-corrected chi connectivity index (χ1v) is 6.52. The number of rotatable bonds is 3. The lowest BCUT2D eigenvalue weighted by atomic mass is 9.89. The van der Waals surface area contributed by atoms with E-state index >= 15 is 0 Å². The first kappa shape index (κ1) is 10.3. The molecule has 0 bridgehead atoms. The van der Waals surface area contributed by atoms with Crippen molar-refractivity contribution in [1.82, 2.24) is 15.2 Å². The zero-order valence-electron chi connectivity index (χ0n) is 9.65. The Kier molecular flexibility index (Phi) is 2.67. The number of H-pyrrole nitrogens is 1. The summed E-state index contributed by atoms with van der Waals surface area (Å²) in [5, 5.41) is 7.39. The Morgan fingerprint density at radius 1 is 1.12 bits per heavy atom. The van der Waals surface area contributed by atoms with E-state index in [1.54, 1.807) is 0 Å². The van der Waals surface area contributed by atoms with Crippen LogP contribution in [0.3, 0.4) is 0 Å². The smallest absolute Gasteiger partial charge is 0.167 e. The minimum atomic E-state index is 0.0635. The lowest BCUT2D eigenvalue weighted by Gasteiger charge is -2.18. The topological polar surface area (TPSA) is 67.6 Å². The molecule has 1 aromatic rings. The molecule has 1 atom stereocenters. The van der Waals surface area contributed by atoms with Crippen LogP contribution in [0.4, 0.5) is 0 Å². The average molecular weight is 220 g/mol. The molecule has 2 fully saturated rings. The molecule has 0 aliphatic heterocycles. The third kappa shape index (κ3) is 1.98. The van der Waals surface area contributed by atoms with Crippen molar-refractivity contribution in [1.29, 1.82) is 0 Å². The molecule has 0 amide bonds. The van der Waals surface area contributed by atoms with Gasteiger partial charge in [0.15, 0.2) is 5.82 Å². The normalized spacial score (nSPS) is 24.6. The van der Waals surface area contributed by atoms with E-state index in [0.717, 1.165) is 11.6 Å². The maximum Gasteiger partial charge on any atom is 0.167 e. The summed E-state index contributed by atoms with van der Waals surface area (Å²) < 4.78 is 0. The molecule has 2 saturated carbocycles. The zero-order valence-corrected chi connectivity index (χ0v) is 9.65. The number of nitrogens with one attached hydrogen (secondary N) is 1. The molecule has 0 saturated heterocycles. The summed E-state index contributed by atoms with van der Waals surface area (Å²) in [6.07, 6.45) is 9.04. The minimum absolute atomic E-state index is 0.0635. The fourth-order valence-corrected chi connectivity index (χ4v) is 2.66. The van der Waals surface area contributed by atoms with Gasteiger partial charge in [-0.05, 0) is 31.6 Å². The molecule has 88 valence electrons. The number of hydrogen-bond acceptors (Lipinski definition) is 3. The Morgan fingerprint density at radius 2 is 1.88 bits per heavy atom. The van der Waals surface area contributed by atoms with Crippen LogP contribution in [-0.2, 0) is 0 Å². The van der Waals surface area contributed by atoms with Crippen LogP contribution in [0.1, 0.15) is 68.6 Å². The Bertz CT molecular complexity index is 350. The van der Waals surface area contributed by atoms with Crippen LogP contribution in [0.15, 0.2) is 0 Å². The summed E-state index contributed by atoms with van der Waals surface area (Å²) >= 11 is 0. The molecule has 0 radical (unpaired) electrons. The molecule has 4 heteroatoms. The van der Waals surface area contributed by atoms with Gasteiger partial charge in [-0.1, -0.05) is 19.3 Å². The van der Waals surface area contributed by atoms with E-state index < -0.39 is 0 Å². The number of hydrogen-bond donors (Lipinski definition) is 2. The summed E-state index contributed by atoms with van der Waals surface area (Å²) in [7, 11) is 0. The Balaban J connectivity index is 1.70. The highest BCUT2D eigenvalue weighted by molar-refractivity contribution is 5.05. The standard InChI is InChI=1S/C12H20N4/c13-10(8-6-7-8)12-14-11(15-16-12)9-4-2-1-3-5-9/h8-10H,1-7,13H2,(H,14,15,16). The monoisotopic (exact) mass is 220 g/mol. The van der Waals surface area contributed by atoms with Crippen molar-refractivity contribution in [3.63, 3.8) is 0 Å². The first-order valence-electron chi connectivity index (χ1n) is 6.52. The molecular weight excluding hydrogens is 200 g/mol. The van der Waals surface area contributed by atoms with E-state index in [1.165, 1.54) is 44.9 Å². The summed E-state index contributed by atoms with van der Waals surface area (Å²) in [4.78, 5) is 4.60. The van der Waals surface area contributed by atoms with Crippen molar-refractivity contribution >= 4 is 0 Å². The van der Waals surface area contributed by atoms with E-state index in [9.17, 15) is 0 Å². The third-order valence-corrected chi connectivity index (χ3v) is 3.94. The highest BCUT2D eigenvalue weighted by Crippen LogP contribution is 2.39. The van der Waals surface area contributed by atoms with E-state index in [1.807, 2.05) is 0 Å². The van der Waals surface area contributed by atoms with Crippen LogP contribution in [0.2, 0.25) is 0 Å². The van der Waals surface area contributed by atoms with Crippen LogP contribution in [-0.4, -0.2) is 15.2 Å². The molecule has 1 heterocycles. The van der Waals surface area contributed by atoms with Gasteiger partial charge in [-0.25, -0.2) is 4.98 Å². The minimum Gasteiger partial charge on any atom is -0.321 e. The van der Waals surface area contributed by atoms with Crippen LogP contribution in [0.25, 0.3) is 0 Å². The largest absolute Gasteiger partial charge is 0.321 e. The van der Waals surface area contributed by atoms with Crippen molar-refractivity contribution in [3.8, 4) is 0 Å². The maximum absolute atomic E-state index is 6.10. The van der Waals surface area contributed by atoms with Gasteiger partial charge in [0.25, 0.3) is 0 Å². The van der Waals surface area contributed by atoms with Crippen LogP contribution >= 0.6 is 0 Å². The quantitative estimate of drug-likeness (QED) is 0.821. The van der Waals surface area contributed by atoms with Crippen molar-refractivity contribution < 1.29 is 0 Å². The van der Waals surface area contributed by atoms with E-state index in [4.69, 9.17) is 5.73 Å². The van der Waals surface area contributed by atoms with Crippen LogP contribution in [0, 0.1) is 5.92 Å². The lowest BCUT2D eigenvalue weighted by Crippen LogP contribution is -2.14. The number of aromatic nitrogens is 3. The van der Waals surface area contributed by atoms with E-state index in [-0.39, 0.29) is 6.04 Å². The lowest BCUT2D eigenvalue weighted by molar-refractivity contribution is 0.429. The molecular formula is C12H20N4. The zero-order chi connectivity index (χ0) is 11.0. The van der Waals surface area contributed by atoms with Gasteiger partial charge in [-0.2, -0.15) is 5.10 Å². The average Bonchev–Trinajstić information content (AvgIpc) is 3.07. The fourth-order valence-electron chi connectivity index (χ4n) is 2.66. The third-order valence-electron chi connectivity index (χ3n) is 3.94. The van der Waals surface area contributed by atoms with Gasteiger partial charge in [0.1, 0.15) is 5.82 Å². The molecule has 3 N–H and O–H groups in total. The molecule has 16 heavy (non-hydrogen) atoms. The molecule has 2 aliphatic rings. The van der Waals surface area contributed by atoms with Gasteiger partial charge < -0.3 is 5.73 Å². The fraction of sp³-hybridized carbons (Fsp3) is 0.833. The van der Waals surface area contributed by atoms with Crippen molar-refractivity contribution in [2.75, 3.05) is 0 Å². The maximum atomic E-state index is 6.10. The van der Waals surface area contributed by atoms with Gasteiger partial charge in [0.2, 0.25) is 0 Å². The van der Waals surface area contributed by atoms with Crippen molar-refractivity contribution in [2.24, 2.45) is 11.7 Å². The van der Waals surface area contributed by atoms with Gasteiger partial charge in [-0.3, -0.25) is 5.10 Å². The summed E-state index contributed by atoms with van der Waals surface area (Å²) in [5.74, 6) is 3.14. The molecule has 2 aliphatic carbocycles. The van der Waals surface area contributed by atoms with Gasteiger partial charge in [-0.15, -0.1) is 0 Å². The Morgan fingerprint density at radius 3 is 2.56 bits per heavy atom. The highest BCUT2D eigenvalue weighted by Gasteiger charge is 2.32. The summed E-state index contributed by atoms with van der Waals surface area (Å²) in [5.41, 5.74) is 6.10. The predicted octanol–water partition coefficient (Wildman–Crippen LogP) is 2.26. The van der Waals surface area contributed by atoms with Gasteiger partial charge >= 0.3 is 0 Å². The van der Waals surface area contributed by atoms with Crippen LogP contribution < -0.4 is 5.73 Å². The SMILES string of the molecule is NC(c1n[nH]c(C2CCCCC2)n1)C1CC1. The molecule has 0 spiro atoms. The Hall–Kier alpha value is -0.900. The van der Waals surface area contributed by atoms with Crippen LogP contribution in [0.5, 0.6) is 0 Å². The molecule has 4 nitrogen and oxygen atoms in total. The number of nitrogens with two attached hydrogens (primary N) is 1. The summed E-state index contributed by atoms with van der Waals surface area (Å²) in [6.45, 7) is 0. The van der Waals surface area contributed by atoms with E-state index in [0.29, 0.717) is 11.8 Å². The number of aromatic amines is 1. The Labute approximate surface area is 96.0 Å². The second kappa shape index (κ2) is 4.17. The van der Waals surface area contributed by atoms with Crippen molar-refractivity contribution in [2.45, 2.75) is 56.9 Å². The second-order valence-electron chi connectivity index (χ2n) is 5.28. The number of nitrogens with zero attached hydrogens (tertiary/aromatic N) is 2. The molecule has 0 aromatic carbocycles. The van der Waals surface area contributed by atoms with Gasteiger partial charge in [0, 0.05) is 5.92 Å². The van der Waals surface area contributed by atoms with Crippen molar-refractivity contribution in [3.05, 3.63) is 11.6 Å². The predicted molar refractivity (Wildman–Crippen MR) is 61.9 cm³/mol. The molecule has 3 rings (SSSR count). The van der Waals surface area contributed by atoms with E-state index in [2.05, 4.69) is 15.2 Å². The first-order chi connectivity index (χ1) is 7.84. The highest BCUT2D eigenvalue weighted by atomic mass is 15.2. The molecule has 1 unspecified atom stereocenters. The summed E-state index contributed by atoms with van der Waals surface area (Å²) in [6, 6.07) is 0.0635. The second-order valence-corrected chi connectivity index (χ2v) is 5.28. The molecule has 1 aromatic heterocycles. The van der Waals surface area contributed by atoms with Gasteiger partial charge in [0.05, 0.1) is 6.04 Å².